The van der Waals surface area contributed by atoms with E-state index in [4.69, 9.17) is 5.11 Å². The van der Waals surface area contributed by atoms with E-state index in [0.717, 1.165) is 51.7 Å². The highest BCUT2D eigenvalue weighted by Gasteiger charge is 2.20. The number of piperidine rings is 1. The van der Waals surface area contributed by atoms with Gasteiger partial charge in [0.1, 0.15) is 0 Å². The minimum atomic E-state index is 0.273. The zero-order valence-electron chi connectivity index (χ0n) is 17.0. The fourth-order valence-electron chi connectivity index (χ4n) is 4.57. The second kappa shape index (κ2) is 9.32. The van der Waals surface area contributed by atoms with E-state index in [1.165, 1.54) is 48.2 Å². The van der Waals surface area contributed by atoms with Gasteiger partial charge >= 0.3 is 0 Å². The van der Waals surface area contributed by atoms with Gasteiger partial charge in [0.2, 0.25) is 0 Å². The molecule has 0 spiro atoms. The maximum Gasteiger partial charge on any atom is 0.0558 e. The maximum absolute atomic E-state index is 9.11. The van der Waals surface area contributed by atoms with E-state index < -0.39 is 0 Å². The lowest BCUT2D eigenvalue weighted by Gasteiger charge is -2.35. The van der Waals surface area contributed by atoms with Gasteiger partial charge in [0, 0.05) is 52.4 Å². The fraction of sp³-hybridized carbons (Fsp3) is 0.727. The third kappa shape index (κ3) is 5.29. The predicted molar refractivity (Wildman–Crippen MR) is 108 cm³/mol. The number of nitrogens with zero attached hydrogens (tertiary/aromatic N) is 3. The van der Waals surface area contributed by atoms with Crippen molar-refractivity contribution in [1.29, 1.82) is 0 Å². The molecule has 0 saturated carbocycles. The van der Waals surface area contributed by atoms with Crippen LogP contribution in [-0.2, 0) is 13.1 Å². The number of aliphatic hydroxyl groups excluding tert-OH is 1. The molecule has 0 bridgehead atoms. The Kier molecular flexibility index (Phi) is 7.10. The molecule has 0 aromatic heterocycles. The van der Waals surface area contributed by atoms with Crippen LogP contribution >= 0.6 is 0 Å². The van der Waals surface area contributed by atoms with Crippen molar-refractivity contribution in [3.63, 3.8) is 0 Å². The van der Waals surface area contributed by atoms with Gasteiger partial charge in [-0.25, -0.2) is 0 Å². The summed E-state index contributed by atoms with van der Waals surface area (Å²) in [4.78, 5) is 7.58. The molecule has 2 aliphatic rings. The highest BCUT2D eigenvalue weighted by Crippen LogP contribution is 2.23. The zero-order valence-corrected chi connectivity index (χ0v) is 17.0. The van der Waals surface area contributed by atoms with Crippen molar-refractivity contribution >= 4 is 0 Å². The molecule has 4 heteroatoms. The van der Waals surface area contributed by atoms with Crippen LogP contribution in [0.1, 0.15) is 42.0 Å². The largest absolute Gasteiger partial charge is 0.395 e. The van der Waals surface area contributed by atoms with Gasteiger partial charge in [0.05, 0.1) is 6.61 Å². The van der Waals surface area contributed by atoms with Crippen LogP contribution in [0.5, 0.6) is 0 Å². The minimum absolute atomic E-state index is 0.273. The maximum atomic E-state index is 9.11. The standard InChI is InChI=1S/C22H37N3O/c1-18-5-4-6-25(15-18)17-22-14-19(2)13-21(20(22)3)16-24-9-7-23(8-10-24)11-12-26/h13-14,18,26H,4-12,15-17H2,1-3H3. The summed E-state index contributed by atoms with van der Waals surface area (Å²) in [6.07, 6.45) is 2.73. The van der Waals surface area contributed by atoms with Crippen molar-refractivity contribution in [2.45, 2.75) is 46.7 Å². The molecular weight excluding hydrogens is 322 g/mol. The lowest BCUT2D eigenvalue weighted by atomic mass is 9.96. The van der Waals surface area contributed by atoms with Crippen LogP contribution in [-0.4, -0.2) is 72.2 Å². The molecule has 0 aliphatic carbocycles. The lowest BCUT2D eigenvalue weighted by molar-refractivity contribution is 0.108. The molecule has 2 saturated heterocycles. The van der Waals surface area contributed by atoms with Crippen molar-refractivity contribution in [3.8, 4) is 0 Å². The molecule has 146 valence electrons. The van der Waals surface area contributed by atoms with Gasteiger partial charge in [-0.15, -0.1) is 0 Å². The number of β-amino-alcohol motifs (C(OH)–C–C–N with tert-alkyl or cyclic N) is 1. The second-order valence-corrected chi connectivity index (χ2v) is 8.53. The normalized spacial score (nSPS) is 23.5. The van der Waals surface area contributed by atoms with Crippen molar-refractivity contribution in [1.82, 2.24) is 14.7 Å². The van der Waals surface area contributed by atoms with Crippen molar-refractivity contribution in [3.05, 3.63) is 34.4 Å². The first kappa shape index (κ1) is 19.8. The number of piperazine rings is 1. The average molecular weight is 360 g/mol. The van der Waals surface area contributed by atoms with Crippen LogP contribution in [0.2, 0.25) is 0 Å². The Balaban J connectivity index is 1.63. The number of aryl methyl sites for hydroxylation is 1. The summed E-state index contributed by atoms with van der Waals surface area (Å²) in [5, 5.41) is 9.11. The summed E-state index contributed by atoms with van der Waals surface area (Å²) < 4.78 is 0. The topological polar surface area (TPSA) is 30.0 Å². The monoisotopic (exact) mass is 359 g/mol. The molecular formula is C22H37N3O. The van der Waals surface area contributed by atoms with Crippen molar-refractivity contribution < 1.29 is 5.11 Å². The number of likely N-dealkylation sites (tertiary alicyclic amines) is 1. The molecule has 2 fully saturated rings. The van der Waals surface area contributed by atoms with Crippen molar-refractivity contribution in [2.24, 2.45) is 5.92 Å². The first-order valence-corrected chi connectivity index (χ1v) is 10.4. The Hall–Kier alpha value is -0.940. The first-order valence-electron chi connectivity index (χ1n) is 10.4. The van der Waals surface area contributed by atoms with E-state index >= 15 is 0 Å². The molecule has 4 nitrogen and oxygen atoms in total. The molecule has 0 radical (unpaired) electrons. The van der Waals surface area contributed by atoms with E-state index in [9.17, 15) is 0 Å². The Morgan fingerprint density at radius 3 is 2.15 bits per heavy atom. The van der Waals surface area contributed by atoms with Gasteiger partial charge in [0.15, 0.2) is 0 Å². The molecule has 3 rings (SSSR count). The Morgan fingerprint density at radius 1 is 0.923 bits per heavy atom. The molecule has 1 aromatic carbocycles. The molecule has 1 N–H and O–H groups in total. The molecule has 1 atom stereocenters. The molecule has 1 unspecified atom stereocenters. The molecule has 2 aliphatic heterocycles. The number of hydrogen-bond donors (Lipinski definition) is 1. The fourth-order valence-corrected chi connectivity index (χ4v) is 4.57. The van der Waals surface area contributed by atoms with Crippen LogP contribution in [0.4, 0.5) is 0 Å². The summed E-state index contributed by atoms with van der Waals surface area (Å²) in [6, 6.07) is 4.79. The summed E-state index contributed by atoms with van der Waals surface area (Å²) in [5.74, 6) is 0.837. The van der Waals surface area contributed by atoms with Crippen LogP contribution in [0.25, 0.3) is 0 Å². The van der Waals surface area contributed by atoms with E-state index in [1.54, 1.807) is 0 Å². The van der Waals surface area contributed by atoms with E-state index in [2.05, 4.69) is 47.6 Å². The van der Waals surface area contributed by atoms with Gasteiger partial charge in [-0.1, -0.05) is 24.6 Å². The summed E-state index contributed by atoms with van der Waals surface area (Å²) in [7, 11) is 0. The van der Waals surface area contributed by atoms with Crippen LogP contribution in [0.15, 0.2) is 12.1 Å². The highest BCUT2D eigenvalue weighted by molar-refractivity contribution is 5.38. The van der Waals surface area contributed by atoms with Gasteiger partial charge < -0.3 is 5.11 Å². The lowest BCUT2D eigenvalue weighted by Crippen LogP contribution is -2.46. The minimum Gasteiger partial charge on any atom is -0.395 e. The quantitative estimate of drug-likeness (QED) is 0.846. The van der Waals surface area contributed by atoms with Gasteiger partial charge in [-0.2, -0.15) is 0 Å². The highest BCUT2D eigenvalue weighted by atomic mass is 16.3. The Bertz CT molecular complexity index is 581. The Labute approximate surface area is 159 Å². The van der Waals surface area contributed by atoms with Crippen LogP contribution in [0, 0.1) is 19.8 Å². The smallest absolute Gasteiger partial charge is 0.0558 e. The number of hydrogen-bond acceptors (Lipinski definition) is 4. The molecule has 0 amide bonds. The van der Waals surface area contributed by atoms with E-state index in [1.807, 2.05) is 0 Å². The molecule has 26 heavy (non-hydrogen) atoms. The van der Waals surface area contributed by atoms with E-state index in [0.29, 0.717) is 0 Å². The number of rotatable bonds is 6. The van der Waals surface area contributed by atoms with Gasteiger partial charge in [0.25, 0.3) is 0 Å². The third-order valence-electron chi connectivity index (χ3n) is 6.18. The van der Waals surface area contributed by atoms with Crippen LogP contribution in [0.3, 0.4) is 0 Å². The van der Waals surface area contributed by atoms with E-state index in [-0.39, 0.29) is 6.61 Å². The number of aliphatic hydroxyl groups is 1. The summed E-state index contributed by atoms with van der Waals surface area (Å²) in [6.45, 7) is 17.0. The third-order valence-corrected chi connectivity index (χ3v) is 6.18. The SMILES string of the molecule is Cc1cc(CN2CCN(CCO)CC2)c(C)c(CN2CCCC(C)C2)c1. The molecule has 1 aromatic rings. The van der Waals surface area contributed by atoms with Gasteiger partial charge in [-0.3, -0.25) is 14.7 Å². The summed E-state index contributed by atoms with van der Waals surface area (Å²) >= 11 is 0. The van der Waals surface area contributed by atoms with Crippen molar-refractivity contribution in [2.75, 3.05) is 52.4 Å². The second-order valence-electron chi connectivity index (χ2n) is 8.53. The van der Waals surface area contributed by atoms with Gasteiger partial charge in [-0.05, 0) is 55.8 Å². The predicted octanol–water partition coefficient (Wildman–Crippen LogP) is 2.65. The zero-order chi connectivity index (χ0) is 18.5. The summed E-state index contributed by atoms with van der Waals surface area (Å²) in [5.41, 5.74) is 5.91. The first-order chi connectivity index (χ1) is 12.5. The Morgan fingerprint density at radius 2 is 1.54 bits per heavy atom. The average Bonchev–Trinajstić information content (AvgIpc) is 2.61. The number of benzene rings is 1. The molecule has 2 heterocycles. The van der Waals surface area contributed by atoms with Crippen LogP contribution < -0.4 is 0 Å².